The zero-order valence-electron chi connectivity index (χ0n) is 11.2. The van der Waals surface area contributed by atoms with Crippen LogP contribution in [0, 0.1) is 10.7 Å². The van der Waals surface area contributed by atoms with Gasteiger partial charge < -0.3 is 9.55 Å². The maximum absolute atomic E-state index is 5.49. The Bertz CT molecular complexity index is 680. The normalized spacial score (nSPS) is 23.7. The van der Waals surface area contributed by atoms with Crippen LogP contribution in [-0.2, 0) is 13.1 Å². The van der Waals surface area contributed by atoms with Crippen LogP contribution < -0.4 is 0 Å². The fourth-order valence-electron chi connectivity index (χ4n) is 3.23. The van der Waals surface area contributed by atoms with E-state index < -0.39 is 0 Å². The molecule has 2 aliphatic rings. The predicted molar refractivity (Wildman–Crippen MR) is 79.7 cm³/mol. The van der Waals surface area contributed by atoms with E-state index in [-0.39, 0.29) is 0 Å². The van der Waals surface area contributed by atoms with Gasteiger partial charge in [0.25, 0.3) is 0 Å². The van der Waals surface area contributed by atoms with Crippen LogP contribution >= 0.6 is 12.2 Å². The molecule has 0 radical (unpaired) electrons. The zero-order valence-corrected chi connectivity index (χ0v) is 12.0. The van der Waals surface area contributed by atoms with Crippen LogP contribution in [0.25, 0.3) is 11.0 Å². The fourth-order valence-corrected chi connectivity index (χ4v) is 3.50. The standard InChI is InChI=1S/C15H19N3S/c1-10-7-18-14-12(9-17(10)8-11-5-6-11)3-2-4-13(14)16-15(18)19/h2-4,10-11H,5-9H2,1H3,(H,16,19)/t10-/m1/s1. The first kappa shape index (κ1) is 11.7. The van der Waals surface area contributed by atoms with Crippen LogP contribution in [0.5, 0.6) is 0 Å². The highest BCUT2D eigenvalue weighted by Crippen LogP contribution is 2.33. The van der Waals surface area contributed by atoms with E-state index in [1.807, 2.05) is 0 Å². The van der Waals surface area contributed by atoms with Crippen molar-refractivity contribution in [2.75, 3.05) is 6.54 Å². The summed E-state index contributed by atoms with van der Waals surface area (Å²) in [5, 5.41) is 0. The average Bonchev–Trinajstić information content (AvgIpc) is 3.15. The number of benzene rings is 1. The van der Waals surface area contributed by atoms with Gasteiger partial charge in [-0.15, -0.1) is 0 Å². The SMILES string of the molecule is C[C@@H]1Cn2c(=S)[nH]c3cccc(c32)CN1CC1CC1. The quantitative estimate of drug-likeness (QED) is 0.849. The van der Waals surface area contributed by atoms with Crippen molar-refractivity contribution < 1.29 is 0 Å². The van der Waals surface area contributed by atoms with Crippen molar-refractivity contribution in [3.63, 3.8) is 0 Å². The number of para-hydroxylation sites is 1. The van der Waals surface area contributed by atoms with Gasteiger partial charge in [0.05, 0.1) is 11.0 Å². The third-order valence-corrected chi connectivity index (χ3v) is 4.83. The summed E-state index contributed by atoms with van der Waals surface area (Å²) in [7, 11) is 0. The number of rotatable bonds is 2. The van der Waals surface area contributed by atoms with Crippen molar-refractivity contribution in [3.8, 4) is 0 Å². The second-order valence-corrected chi connectivity index (χ2v) is 6.46. The Labute approximate surface area is 118 Å². The van der Waals surface area contributed by atoms with E-state index in [1.165, 1.54) is 36.0 Å². The van der Waals surface area contributed by atoms with Gasteiger partial charge in [0.1, 0.15) is 0 Å². The van der Waals surface area contributed by atoms with E-state index >= 15 is 0 Å². The lowest BCUT2D eigenvalue weighted by atomic mass is 10.1. The lowest BCUT2D eigenvalue weighted by molar-refractivity contribution is 0.181. The molecule has 1 fully saturated rings. The molecule has 2 aromatic rings. The second-order valence-electron chi connectivity index (χ2n) is 6.08. The van der Waals surface area contributed by atoms with Crippen LogP contribution in [0.1, 0.15) is 25.3 Å². The first-order valence-corrected chi connectivity index (χ1v) is 7.57. The molecule has 0 bridgehead atoms. The fraction of sp³-hybridized carbons (Fsp3) is 0.533. The number of aromatic amines is 1. The average molecular weight is 273 g/mol. The number of H-pyrrole nitrogens is 1. The van der Waals surface area contributed by atoms with Gasteiger partial charge in [-0.1, -0.05) is 12.1 Å². The third-order valence-electron chi connectivity index (χ3n) is 4.51. The van der Waals surface area contributed by atoms with E-state index in [0.717, 1.165) is 23.8 Å². The van der Waals surface area contributed by atoms with Gasteiger partial charge in [-0.3, -0.25) is 4.90 Å². The Morgan fingerprint density at radius 1 is 1.37 bits per heavy atom. The van der Waals surface area contributed by atoms with E-state index in [1.54, 1.807) is 0 Å². The highest BCUT2D eigenvalue weighted by Gasteiger charge is 2.29. The van der Waals surface area contributed by atoms with Crippen LogP contribution in [0.15, 0.2) is 18.2 Å². The molecule has 1 aromatic carbocycles. The number of aromatic nitrogens is 2. The summed E-state index contributed by atoms with van der Waals surface area (Å²) in [6, 6.07) is 7.07. The summed E-state index contributed by atoms with van der Waals surface area (Å²) in [6.45, 7) is 5.64. The lowest BCUT2D eigenvalue weighted by Crippen LogP contribution is -2.35. The van der Waals surface area contributed by atoms with Crippen LogP contribution in [0.4, 0.5) is 0 Å². The van der Waals surface area contributed by atoms with Crippen LogP contribution in [0.3, 0.4) is 0 Å². The van der Waals surface area contributed by atoms with Gasteiger partial charge in [0.15, 0.2) is 4.77 Å². The molecule has 0 unspecified atom stereocenters. The number of nitrogens with one attached hydrogen (secondary N) is 1. The number of hydrogen-bond acceptors (Lipinski definition) is 2. The van der Waals surface area contributed by atoms with Gasteiger partial charge in [0, 0.05) is 25.7 Å². The van der Waals surface area contributed by atoms with Gasteiger partial charge in [-0.2, -0.15) is 0 Å². The first-order valence-electron chi connectivity index (χ1n) is 7.17. The third kappa shape index (κ3) is 1.94. The van der Waals surface area contributed by atoms with E-state index in [2.05, 4.69) is 39.6 Å². The molecule has 0 amide bonds. The molecule has 0 spiro atoms. The Hall–Kier alpha value is -1.13. The minimum atomic E-state index is 0.554. The van der Waals surface area contributed by atoms with Crippen molar-refractivity contribution in [1.29, 1.82) is 0 Å². The Morgan fingerprint density at radius 3 is 3.00 bits per heavy atom. The number of hydrogen-bond donors (Lipinski definition) is 1. The molecule has 1 aromatic heterocycles. The largest absolute Gasteiger partial charge is 0.331 e. The molecule has 100 valence electrons. The van der Waals surface area contributed by atoms with Gasteiger partial charge in [-0.25, -0.2) is 0 Å². The summed E-state index contributed by atoms with van der Waals surface area (Å²) >= 11 is 5.49. The van der Waals surface area contributed by atoms with Crippen molar-refractivity contribution in [2.45, 2.75) is 38.9 Å². The Balaban J connectivity index is 1.82. The first-order chi connectivity index (χ1) is 9.22. The van der Waals surface area contributed by atoms with E-state index in [0.29, 0.717) is 6.04 Å². The second kappa shape index (κ2) is 4.18. The van der Waals surface area contributed by atoms with Crippen LogP contribution in [0.2, 0.25) is 0 Å². The molecular weight excluding hydrogens is 254 g/mol. The Kier molecular flexibility index (Phi) is 2.57. The minimum absolute atomic E-state index is 0.554. The summed E-state index contributed by atoms with van der Waals surface area (Å²) in [5.74, 6) is 0.939. The molecule has 2 heterocycles. The van der Waals surface area contributed by atoms with Crippen molar-refractivity contribution in [2.24, 2.45) is 5.92 Å². The number of imidazole rings is 1. The van der Waals surface area contributed by atoms with E-state index in [9.17, 15) is 0 Å². The highest BCUT2D eigenvalue weighted by molar-refractivity contribution is 7.71. The molecule has 1 aliphatic heterocycles. The van der Waals surface area contributed by atoms with Crippen molar-refractivity contribution in [1.82, 2.24) is 14.5 Å². The van der Waals surface area contributed by atoms with Gasteiger partial charge in [-0.05, 0) is 49.5 Å². The van der Waals surface area contributed by atoms with Crippen LogP contribution in [-0.4, -0.2) is 27.0 Å². The maximum Gasteiger partial charge on any atom is 0.178 e. The molecular formula is C15H19N3S. The summed E-state index contributed by atoms with van der Waals surface area (Å²) in [5.41, 5.74) is 3.91. The zero-order chi connectivity index (χ0) is 13.0. The molecule has 1 atom stereocenters. The molecule has 3 nitrogen and oxygen atoms in total. The molecule has 1 aliphatic carbocycles. The maximum atomic E-state index is 5.49. The molecule has 1 N–H and O–H groups in total. The molecule has 0 saturated heterocycles. The summed E-state index contributed by atoms with van der Waals surface area (Å²) in [4.78, 5) is 5.97. The highest BCUT2D eigenvalue weighted by atomic mass is 32.1. The van der Waals surface area contributed by atoms with E-state index in [4.69, 9.17) is 12.2 Å². The number of nitrogens with zero attached hydrogens (tertiary/aromatic N) is 2. The molecule has 1 saturated carbocycles. The predicted octanol–water partition coefficient (Wildman–Crippen LogP) is 3.31. The smallest absolute Gasteiger partial charge is 0.178 e. The monoisotopic (exact) mass is 273 g/mol. The summed E-state index contributed by atoms with van der Waals surface area (Å²) in [6.07, 6.45) is 2.83. The van der Waals surface area contributed by atoms with Crippen molar-refractivity contribution in [3.05, 3.63) is 28.5 Å². The molecule has 19 heavy (non-hydrogen) atoms. The lowest BCUT2D eigenvalue weighted by Gasteiger charge is -2.27. The minimum Gasteiger partial charge on any atom is -0.331 e. The molecule has 4 rings (SSSR count). The topological polar surface area (TPSA) is 24.0 Å². The summed E-state index contributed by atoms with van der Waals surface area (Å²) < 4.78 is 3.15. The van der Waals surface area contributed by atoms with Gasteiger partial charge >= 0.3 is 0 Å². The van der Waals surface area contributed by atoms with Gasteiger partial charge in [0.2, 0.25) is 0 Å². The molecule has 4 heteroatoms. The van der Waals surface area contributed by atoms with Crippen molar-refractivity contribution >= 4 is 23.3 Å². The Morgan fingerprint density at radius 2 is 2.21 bits per heavy atom.